The van der Waals surface area contributed by atoms with E-state index in [2.05, 4.69) is 34.6 Å². The lowest BCUT2D eigenvalue weighted by molar-refractivity contribution is -0.161. The molecule has 0 radical (unpaired) electrons. The van der Waals surface area contributed by atoms with E-state index in [1.807, 2.05) is 0 Å². The maximum Gasteiger partial charge on any atom is 0.472 e. The zero-order valence-corrected chi connectivity index (χ0v) is 61.5. The number of carbonyl (C=O) groups excluding carboxylic acids is 4. The van der Waals surface area contributed by atoms with Crippen molar-refractivity contribution in [3.63, 3.8) is 0 Å². The SMILES string of the molecule is CCCCCCCCCCCCCCCCCCC(=O)OC[C@H](COP(=O)(O)OC[C@@H](O)COP(=O)(O)OC[C@@H](COC(=O)CCCCCCC)OC(=O)CCCCCCCCCCCCCCC)OC(=O)CCCCCCCCCCCCCCCCC(C)CC. The van der Waals surface area contributed by atoms with Crippen LogP contribution < -0.4 is 0 Å². The van der Waals surface area contributed by atoms with Crippen molar-refractivity contribution in [2.24, 2.45) is 5.92 Å². The molecule has 0 aromatic rings. The minimum absolute atomic E-state index is 0.107. The Kier molecular flexibility index (Phi) is 64.9. The van der Waals surface area contributed by atoms with Crippen LogP contribution in [0.2, 0.25) is 0 Å². The van der Waals surface area contributed by atoms with Gasteiger partial charge in [0.1, 0.15) is 19.3 Å². The molecule has 0 fully saturated rings. The molecule has 0 aromatic carbocycles. The summed E-state index contributed by atoms with van der Waals surface area (Å²) < 4.78 is 68.2. The highest BCUT2D eigenvalue weighted by atomic mass is 31.2. The lowest BCUT2D eigenvalue weighted by atomic mass is 9.99. The zero-order chi connectivity index (χ0) is 67.7. The molecule has 0 rings (SSSR count). The molecule has 546 valence electrons. The van der Waals surface area contributed by atoms with Crippen molar-refractivity contribution in [2.75, 3.05) is 39.6 Å². The average Bonchev–Trinajstić information content (AvgIpc) is 2.82. The number of phosphoric ester groups is 2. The predicted molar refractivity (Wildman–Crippen MR) is 372 cm³/mol. The van der Waals surface area contributed by atoms with Gasteiger partial charge < -0.3 is 33.8 Å². The standard InChI is InChI=1S/C73H142O17P2/c1-6-10-13-16-18-20-22-24-25-26-31-34-38-42-47-52-57-71(76)84-63-69(90-73(78)59-54-49-44-40-36-32-28-27-30-33-37-41-46-50-55-66(5)9-4)65-88-92(81,82)86-61-67(74)60-85-91(79,80)87-64-68(62-83-70(75)56-51-45-15-12-8-3)89-72(77)58-53-48-43-39-35-29-23-21-19-17-14-11-7-2/h66-69,74H,6-65H2,1-5H3,(H,79,80)(H,81,82)/t66?,67-,68+,69+/m0/s1. The van der Waals surface area contributed by atoms with Crippen LogP contribution in [0.1, 0.15) is 381 Å². The highest BCUT2D eigenvalue weighted by molar-refractivity contribution is 7.47. The molecule has 0 aliphatic heterocycles. The van der Waals surface area contributed by atoms with Crippen molar-refractivity contribution >= 4 is 39.5 Å². The molecule has 92 heavy (non-hydrogen) atoms. The second-order valence-electron chi connectivity index (χ2n) is 26.6. The molecule has 0 aliphatic rings. The lowest BCUT2D eigenvalue weighted by Crippen LogP contribution is -2.30. The largest absolute Gasteiger partial charge is 0.472 e. The number of phosphoric acid groups is 2. The average molecular weight is 1350 g/mol. The van der Waals surface area contributed by atoms with E-state index in [-0.39, 0.29) is 25.7 Å². The second kappa shape index (κ2) is 66.3. The van der Waals surface area contributed by atoms with Crippen molar-refractivity contribution in [3.05, 3.63) is 0 Å². The molecule has 6 atom stereocenters. The minimum Gasteiger partial charge on any atom is -0.462 e. The number of aliphatic hydroxyl groups excluding tert-OH is 1. The number of rotatable bonds is 73. The van der Waals surface area contributed by atoms with E-state index >= 15 is 0 Å². The molecule has 0 amide bonds. The maximum atomic E-state index is 13.0. The highest BCUT2D eigenvalue weighted by Crippen LogP contribution is 2.45. The van der Waals surface area contributed by atoms with Crippen LogP contribution in [0.15, 0.2) is 0 Å². The summed E-state index contributed by atoms with van der Waals surface area (Å²) in [4.78, 5) is 72.4. The van der Waals surface area contributed by atoms with Crippen LogP contribution in [0.4, 0.5) is 0 Å². The molecule has 17 nitrogen and oxygen atoms in total. The molecule has 3 N–H and O–H groups in total. The molecule has 0 bridgehead atoms. The van der Waals surface area contributed by atoms with Gasteiger partial charge in [-0.25, -0.2) is 9.13 Å². The molecule has 0 spiro atoms. The third kappa shape index (κ3) is 65.4. The van der Waals surface area contributed by atoms with Gasteiger partial charge in [0.15, 0.2) is 12.2 Å². The number of esters is 4. The summed E-state index contributed by atoms with van der Waals surface area (Å²) in [6.07, 6.45) is 54.4. The van der Waals surface area contributed by atoms with Crippen LogP contribution in [0.25, 0.3) is 0 Å². The quantitative estimate of drug-likeness (QED) is 0.0222. The molecular formula is C73H142O17P2. The van der Waals surface area contributed by atoms with E-state index in [1.54, 1.807) is 0 Å². The first-order valence-corrected chi connectivity index (χ1v) is 41.2. The van der Waals surface area contributed by atoms with E-state index in [4.69, 9.17) is 37.0 Å². The van der Waals surface area contributed by atoms with Gasteiger partial charge >= 0.3 is 39.5 Å². The number of hydrogen-bond acceptors (Lipinski definition) is 15. The first-order valence-electron chi connectivity index (χ1n) is 38.2. The van der Waals surface area contributed by atoms with E-state index in [1.165, 1.54) is 199 Å². The second-order valence-corrected chi connectivity index (χ2v) is 29.5. The number of ether oxygens (including phenoxy) is 4. The van der Waals surface area contributed by atoms with Crippen LogP contribution in [0, 0.1) is 5.92 Å². The molecule has 0 saturated heterocycles. The lowest BCUT2D eigenvalue weighted by Gasteiger charge is -2.21. The van der Waals surface area contributed by atoms with Crippen molar-refractivity contribution < 1.29 is 80.2 Å². The van der Waals surface area contributed by atoms with Gasteiger partial charge in [-0.05, 0) is 31.6 Å². The molecule has 3 unspecified atom stereocenters. The topological polar surface area (TPSA) is 237 Å². The summed E-state index contributed by atoms with van der Waals surface area (Å²) in [5, 5.41) is 10.6. The fourth-order valence-corrected chi connectivity index (χ4v) is 12.7. The van der Waals surface area contributed by atoms with Crippen LogP contribution in [-0.2, 0) is 65.4 Å². The van der Waals surface area contributed by atoms with Gasteiger partial charge in [-0.1, -0.05) is 330 Å². The van der Waals surface area contributed by atoms with Crippen molar-refractivity contribution in [1.82, 2.24) is 0 Å². The Hall–Kier alpha value is -1.94. The minimum atomic E-state index is -4.95. The number of carbonyl (C=O) groups is 4. The first-order chi connectivity index (χ1) is 44.6. The summed E-state index contributed by atoms with van der Waals surface area (Å²) in [6.45, 7) is 7.24. The number of unbranched alkanes of at least 4 members (excludes halogenated alkanes) is 44. The fraction of sp³-hybridized carbons (Fsp3) is 0.945. The summed E-state index contributed by atoms with van der Waals surface area (Å²) in [5.41, 5.74) is 0. The molecule has 19 heteroatoms. The summed E-state index contributed by atoms with van der Waals surface area (Å²) in [6, 6.07) is 0. The molecule has 0 aromatic heterocycles. The third-order valence-corrected chi connectivity index (χ3v) is 19.3. The van der Waals surface area contributed by atoms with Crippen molar-refractivity contribution in [2.45, 2.75) is 400 Å². The molecular weight excluding hydrogens is 1210 g/mol. The Morgan fingerprint density at radius 2 is 0.522 bits per heavy atom. The molecule has 0 aliphatic carbocycles. The molecule has 0 saturated carbocycles. The Morgan fingerprint density at radius 3 is 0.772 bits per heavy atom. The Balaban J connectivity index is 5.15. The van der Waals surface area contributed by atoms with Gasteiger partial charge in [0, 0.05) is 25.7 Å². The number of hydrogen-bond donors (Lipinski definition) is 3. The van der Waals surface area contributed by atoms with E-state index in [9.17, 15) is 43.2 Å². The zero-order valence-electron chi connectivity index (χ0n) is 59.7. The Labute approximate surface area is 562 Å². The van der Waals surface area contributed by atoms with Crippen molar-refractivity contribution in [3.8, 4) is 0 Å². The van der Waals surface area contributed by atoms with Gasteiger partial charge in [0.25, 0.3) is 0 Å². The van der Waals surface area contributed by atoms with Crippen LogP contribution >= 0.6 is 15.6 Å². The Morgan fingerprint density at radius 1 is 0.304 bits per heavy atom. The fourth-order valence-electron chi connectivity index (χ4n) is 11.1. The maximum absolute atomic E-state index is 13.0. The summed E-state index contributed by atoms with van der Waals surface area (Å²) in [7, 11) is -9.89. The van der Waals surface area contributed by atoms with Crippen LogP contribution in [-0.4, -0.2) is 96.7 Å². The van der Waals surface area contributed by atoms with E-state index < -0.39 is 97.5 Å². The predicted octanol–water partition coefficient (Wildman–Crippen LogP) is 21.3. The van der Waals surface area contributed by atoms with E-state index in [0.717, 1.165) is 102 Å². The van der Waals surface area contributed by atoms with Gasteiger partial charge in [-0.15, -0.1) is 0 Å². The molecule has 0 heterocycles. The van der Waals surface area contributed by atoms with Gasteiger partial charge in [0.2, 0.25) is 0 Å². The van der Waals surface area contributed by atoms with Crippen LogP contribution in [0.3, 0.4) is 0 Å². The van der Waals surface area contributed by atoms with Crippen molar-refractivity contribution in [1.29, 1.82) is 0 Å². The monoisotopic (exact) mass is 1350 g/mol. The van der Waals surface area contributed by atoms with E-state index in [0.29, 0.717) is 25.7 Å². The van der Waals surface area contributed by atoms with Gasteiger partial charge in [-0.2, -0.15) is 0 Å². The first kappa shape index (κ1) is 90.1. The third-order valence-electron chi connectivity index (χ3n) is 17.4. The van der Waals surface area contributed by atoms with Gasteiger partial charge in [-0.3, -0.25) is 37.3 Å². The summed E-state index contributed by atoms with van der Waals surface area (Å²) >= 11 is 0. The van der Waals surface area contributed by atoms with Crippen LogP contribution in [0.5, 0.6) is 0 Å². The smallest absolute Gasteiger partial charge is 0.462 e. The highest BCUT2D eigenvalue weighted by Gasteiger charge is 2.30. The number of aliphatic hydroxyl groups is 1. The normalized spacial score (nSPS) is 14.3. The van der Waals surface area contributed by atoms with Gasteiger partial charge in [0.05, 0.1) is 26.4 Å². The summed E-state index contributed by atoms with van der Waals surface area (Å²) in [5.74, 6) is -1.28. The Bertz CT molecular complexity index is 1770.